The lowest BCUT2D eigenvalue weighted by Gasteiger charge is -2.31. The van der Waals surface area contributed by atoms with Gasteiger partial charge in [-0.2, -0.15) is 9.30 Å². The second kappa shape index (κ2) is 5.63. The minimum atomic E-state index is -3.68. The zero-order valence-corrected chi connectivity index (χ0v) is 11.3. The van der Waals surface area contributed by atoms with E-state index in [0.29, 0.717) is 5.56 Å². The number of benzene rings is 1. The average Bonchev–Trinajstić information content (AvgIpc) is 2.40. The molecule has 1 aliphatic rings. The van der Waals surface area contributed by atoms with Crippen LogP contribution in [0.25, 0.3) is 0 Å². The van der Waals surface area contributed by atoms with Crippen molar-refractivity contribution in [3.05, 3.63) is 29.8 Å². The van der Waals surface area contributed by atoms with Gasteiger partial charge in [-0.1, -0.05) is 18.2 Å². The zero-order chi connectivity index (χ0) is 13.9. The van der Waals surface area contributed by atoms with Crippen LogP contribution in [0, 0.1) is 6.92 Å². The highest BCUT2D eigenvalue weighted by Crippen LogP contribution is 2.23. The van der Waals surface area contributed by atoms with Crippen molar-refractivity contribution in [3.63, 3.8) is 0 Å². The third kappa shape index (κ3) is 2.74. The van der Waals surface area contributed by atoms with Crippen LogP contribution in [-0.4, -0.2) is 44.7 Å². The maximum atomic E-state index is 12.6. The van der Waals surface area contributed by atoms with Gasteiger partial charge >= 0.3 is 0 Å². The Morgan fingerprint density at radius 1 is 1.42 bits per heavy atom. The maximum Gasteiger partial charge on any atom is 0.245 e. The Kier molecular flexibility index (Phi) is 4.11. The second-order valence-electron chi connectivity index (χ2n) is 4.16. The van der Waals surface area contributed by atoms with Crippen molar-refractivity contribution in [3.8, 4) is 0 Å². The molecule has 1 fully saturated rings. The number of ether oxygens (including phenoxy) is 1. The molecule has 0 bridgehead atoms. The maximum absolute atomic E-state index is 12.6. The van der Waals surface area contributed by atoms with E-state index in [-0.39, 0.29) is 24.7 Å². The molecule has 0 spiro atoms. The molecule has 1 aromatic rings. The molecule has 1 unspecified atom stereocenters. The van der Waals surface area contributed by atoms with Gasteiger partial charge in [-0.15, -0.1) is 0 Å². The molecule has 1 saturated heterocycles. The van der Waals surface area contributed by atoms with E-state index in [9.17, 15) is 13.2 Å². The van der Waals surface area contributed by atoms with Gasteiger partial charge in [0.25, 0.3) is 0 Å². The highest BCUT2D eigenvalue weighted by atomic mass is 32.2. The molecular formula is C12H14N2O4S. The van der Waals surface area contributed by atoms with Gasteiger partial charge in [0.05, 0.1) is 18.1 Å². The number of hydrogen-bond donors (Lipinski definition) is 0. The zero-order valence-electron chi connectivity index (χ0n) is 10.4. The van der Waals surface area contributed by atoms with Gasteiger partial charge in [0, 0.05) is 6.54 Å². The van der Waals surface area contributed by atoms with Crippen LogP contribution < -0.4 is 0 Å². The molecule has 102 valence electrons. The second-order valence-corrected chi connectivity index (χ2v) is 6.02. The fourth-order valence-electron chi connectivity index (χ4n) is 1.99. The summed E-state index contributed by atoms with van der Waals surface area (Å²) in [5, 5.41) is 0. The van der Waals surface area contributed by atoms with Crippen molar-refractivity contribution < 1.29 is 17.9 Å². The first-order valence-electron chi connectivity index (χ1n) is 5.79. The average molecular weight is 282 g/mol. The third-order valence-electron chi connectivity index (χ3n) is 2.94. The first kappa shape index (κ1) is 13.9. The number of rotatable bonds is 3. The predicted octanol–water partition coefficient (Wildman–Crippen LogP) is 0.678. The van der Waals surface area contributed by atoms with Gasteiger partial charge < -0.3 is 4.74 Å². The summed E-state index contributed by atoms with van der Waals surface area (Å²) in [5.41, 5.74) is 0.655. The van der Waals surface area contributed by atoms with Crippen LogP contribution in [0.1, 0.15) is 5.56 Å². The molecule has 1 heterocycles. The number of aryl methyl sites for hydroxylation is 1. The Balaban J connectivity index is 2.43. The minimum Gasteiger partial charge on any atom is -0.376 e. The van der Waals surface area contributed by atoms with Crippen molar-refractivity contribution in [1.82, 2.24) is 4.31 Å². The Morgan fingerprint density at radius 3 is 2.84 bits per heavy atom. The third-order valence-corrected chi connectivity index (χ3v) is 4.99. The summed E-state index contributed by atoms with van der Waals surface area (Å²) in [6, 6.07) is 6.71. The molecule has 1 aromatic carbocycles. The summed E-state index contributed by atoms with van der Waals surface area (Å²) < 4.78 is 31.5. The van der Waals surface area contributed by atoms with Crippen LogP contribution >= 0.6 is 0 Å². The molecule has 2 rings (SSSR count). The molecule has 6 nitrogen and oxygen atoms in total. The molecule has 1 aliphatic heterocycles. The summed E-state index contributed by atoms with van der Waals surface area (Å²) in [4.78, 5) is 14.1. The van der Waals surface area contributed by atoms with Gasteiger partial charge in [-0.3, -0.25) is 0 Å². The van der Waals surface area contributed by atoms with E-state index < -0.39 is 16.2 Å². The van der Waals surface area contributed by atoms with Gasteiger partial charge in [0.2, 0.25) is 16.1 Å². The summed E-state index contributed by atoms with van der Waals surface area (Å²) in [6.45, 7) is 2.26. The lowest BCUT2D eigenvalue weighted by molar-refractivity contribution is 0.0359. The van der Waals surface area contributed by atoms with E-state index in [1.807, 2.05) is 0 Å². The molecule has 0 aromatic heterocycles. The van der Waals surface area contributed by atoms with Crippen molar-refractivity contribution in [2.24, 2.45) is 4.99 Å². The molecule has 0 amide bonds. The Labute approximate surface area is 111 Å². The van der Waals surface area contributed by atoms with Crippen molar-refractivity contribution in [2.75, 3.05) is 19.8 Å². The smallest absolute Gasteiger partial charge is 0.245 e. The highest BCUT2D eigenvalue weighted by Gasteiger charge is 2.34. The quantitative estimate of drug-likeness (QED) is 0.603. The van der Waals surface area contributed by atoms with Crippen LogP contribution in [0.3, 0.4) is 0 Å². The number of nitrogens with zero attached hydrogens (tertiary/aromatic N) is 2. The van der Waals surface area contributed by atoms with Crippen molar-refractivity contribution in [2.45, 2.75) is 18.0 Å². The van der Waals surface area contributed by atoms with E-state index in [0.717, 1.165) is 0 Å². The number of aliphatic imine (C=N–C) groups is 1. The van der Waals surface area contributed by atoms with Crippen LogP contribution in [0.5, 0.6) is 0 Å². The molecule has 1 atom stereocenters. The first-order chi connectivity index (χ1) is 9.07. The van der Waals surface area contributed by atoms with Crippen LogP contribution in [0.4, 0.5) is 0 Å². The van der Waals surface area contributed by atoms with Gasteiger partial charge in [-0.05, 0) is 18.6 Å². The Hall–Kier alpha value is -1.53. The Bertz CT molecular complexity index is 608. The Morgan fingerprint density at radius 2 is 2.16 bits per heavy atom. The van der Waals surface area contributed by atoms with Gasteiger partial charge in [-0.25, -0.2) is 13.2 Å². The van der Waals surface area contributed by atoms with Crippen LogP contribution in [-0.2, 0) is 19.6 Å². The summed E-state index contributed by atoms with van der Waals surface area (Å²) in [5.74, 6) is 0. The van der Waals surface area contributed by atoms with E-state index >= 15 is 0 Å². The first-order valence-corrected chi connectivity index (χ1v) is 7.23. The largest absolute Gasteiger partial charge is 0.376 e. The van der Waals surface area contributed by atoms with E-state index in [2.05, 4.69) is 4.99 Å². The number of sulfonamides is 1. The predicted molar refractivity (Wildman–Crippen MR) is 67.8 cm³/mol. The summed E-state index contributed by atoms with van der Waals surface area (Å²) in [7, 11) is -3.68. The summed E-state index contributed by atoms with van der Waals surface area (Å²) >= 11 is 0. The van der Waals surface area contributed by atoms with E-state index in [1.165, 1.54) is 10.4 Å². The van der Waals surface area contributed by atoms with Gasteiger partial charge in [0.15, 0.2) is 6.17 Å². The molecule has 0 saturated carbocycles. The normalized spacial score (nSPS) is 20.8. The van der Waals surface area contributed by atoms with Crippen LogP contribution in [0.2, 0.25) is 0 Å². The number of carbonyl (C=O) groups excluding carboxylic acids is 1. The monoisotopic (exact) mass is 282 g/mol. The van der Waals surface area contributed by atoms with E-state index in [1.54, 1.807) is 31.2 Å². The minimum absolute atomic E-state index is 0.0698. The highest BCUT2D eigenvalue weighted by molar-refractivity contribution is 7.89. The van der Waals surface area contributed by atoms with Crippen molar-refractivity contribution >= 4 is 16.1 Å². The molecule has 7 heteroatoms. The number of hydrogen-bond acceptors (Lipinski definition) is 5. The standard InChI is InChI=1S/C12H14N2O4S/c1-10-4-2-3-5-11(10)19(16,17)14-6-7-18-8-12(14)13-9-15/h2-5,12H,6-8H2,1H3. The van der Waals surface area contributed by atoms with Gasteiger partial charge in [0.1, 0.15) is 0 Å². The number of isocyanates is 1. The van der Waals surface area contributed by atoms with Crippen molar-refractivity contribution in [1.29, 1.82) is 0 Å². The molecule has 19 heavy (non-hydrogen) atoms. The molecule has 0 aliphatic carbocycles. The molecule has 0 radical (unpaired) electrons. The number of morpholine rings is 1. The fourth-order valence-corrected chi connectivity index (χ4v) is 3.71. The van der Waals surface area contributed by atoms with Crippen LogP contribution in [0.15, 0.2) is 34.2 Å². The fraction of sp³-hybridized carbons (Fsp3) is 0.417. The topological polar surface area (TPSA) is 76.0 Å². The van der Waals surface area contributed by atoms with E-state index in [4.69, 9.17) is 4.74 Å². The molecule has 0 N–H and O–H groups in total. The SMILES string of the molecule is Cc1ccccc1S(=O)(=O)N1CCOCC1N=C=O. The molecular weight excluding hydrogens is 268 g/mol. The summed E-state index contributed by atoms with van der Waals surface area (Å²) in [6.07, 6.45) is 0.557. The lowest BCUT2D eigenvalue weighted by atomic mass is 10.2. The lowest BCUT2D eigenvalue weighted by Crippen LogP contribution is -2.47.